The molecule has 2 aromatic heterocycles. The predicted molar refractivity (Wildman–Crippen MR) is 128 cm³/mol. The van der Waals surface area contributed by atoms with E-state index >= 15 is 0 Å². The van der Waals surface area contributed by atoms with Crippen LogP contribution >= 0.6 is 23.4 Å². The number of carbonyl (C=O) groups is 2. The summed E-state index contributed by atoms with van der Waals surface area (Å²) in [5.41, 5.74) is 2.26. The van der Waals surface area contributed by atoms with E-state index in [0.29, 0.717) is 47.5 Å². The second-order valence-electron chi connectivity index (χ2n) is 7.60. The number of aromatic nitrogens is 2. The maximum absolute atomic E-state index is 12.7. The molecule has 0 unspecified atom stereocenters. The summed E-state index contributed by atoms with van der Waals surface area (Å²) >= 11 is 7.48. The number of anilines is 1. The number of thioether (sulfide) groups is 1. The zero-order chi connectivity index (χ0) is 23.2. The number of hydrogen-bond donors (Lipinski definition) is 1. The summed E-state index contributed by atoms with van der Waals surface area (Å²) in [6, 6.07) is 12.9. The van der Waals surface area contributed by atoms with E-state index < -0.39 is 0 Å². The van der Waals surface area contributed by atoms with Crippen LogP contribution in [0.3, 0.4) is 0 Å². The van der Waals surface area contributed by atoms with Gasteiger partial charge in [-0.25, -0.2) is 4.98 Å². The van der Waals surface area contributed by atoms with E-state index in [1.165, 1.54) is 11.8 Å². The number of amides is 2. The molecule has 3 aromatic rings. The number of aryl methyl sites for hydroxylation is 1. The van der Waals surface area contributed by atoms with Crippen molar-refractivity contribution >= 4 is 40.9 Å². The van der Waals surface area contributed by atoms with Gasteiger partial charge in [-0.2, -0.15) is 0 Å². The van der Waals surface area contributed by atoms with Crippen LogP contribution in [-0.4, -0.2) is 59.6 Å². The third kappa shape index (κ3) is 6.06. The maximum atomic E-state index is 12.7. The van der Waals surface area contributed by atoms with Gasteiger partial charge in [-0.3, -0.25) is 9.59 Å². The number of benzene rings is 1. The Hall–Kier alpha value is -3.04. The van der Waals surface area contributed by atoms with Gasteiger partial charge in [0.2, 0.25) is 5.91 Å². The highest BCUT2D eigenvalue weighted by Crippen LogP contribution is 2.24. The van der Waals surface area contributed by atoms with Crippen LogP contribution in [0.15, 0.2) is 58.2 Å². The Morgan fingerprint density at radius 2 is 1.97 bits per heavy atom. The molecule has 8 nitrogen and oxygen atoms in total. The van der Waals surface area contributed by atoms with Crippen LogP contribution in [0.4, 0.5) is 5.69 Å². The van der Waals surface area contributed by atoms with Gasteiger partial charge in [0.15, 0.2) is 0 Å². The van der Waals surface area contributed by atoms with Crippen LogP contribution in [-0.2, 0) is 10.5 Å². The SMILES string of the molecule is Cc1cc(CSc2ncccc2C(=O)NCC(=O)N2CCN(c3cccc(Cl)c3)CC2)no1. The number of halogens is 1. The van der Waals surface area contributed by atoms with Gasteiger partial charge in [0.25, 0.3) is 5.91 Å². The Balaban J connectivity index is 1.28. The Bertz CT molecular complexity index is 1130. The summed E-state index contributed by atoms with van der Waals surface area (Å²) in [6.45, 7) is 4.38. The Morgan fingerprint density at radius 3 is 2.70 bits per heavy atom. The van der Waals surface area contributed by atoms with Gasteiger partial charge in [-0.15, -0.1) is 0 Å². The lowest BCUT2D eigenvalue weighted by Crippen LogP contribution is -2.51. The average Bonchev–Trinajstić information content (AvgIpc) is 3.26. The molecule has 1 aliphatic rings. The Morgan fingerprint density at radius 1 is 1.15 bits per heavy atom. The Kier molecular flexibility index (Phi) is 7.51. The standard InChI is InChI=1S/C23H24ClN5O3S/c1-16-12-18(27-32-16)15-33-23-20(6-3-7-25-23)22(31)26-14-21(30)29-10-8-28(9-11-29)19-5-2-4-17(24)13-19/h2-7,12-13H,8-11,14-15H2,1H3,(H,26,31). The van der Waals surface area contributed by atoms with E-state index in [1.807, 2.05) is 37.3 Å². The molecule has 0 spiro atoms. The number of hydrogen-bond acceptors (Lipinski definition) is 7. The molecule has 1 aromatic carbocycles. The highest BCUT2D eigenvalue weighted by molar-refractivity contribution is 7.98. The van der Waals surface area contributed by atoms with Crippen LogP contribution in [0.1, 0.15) is 21.8 Å². The van der Waals surface area contributed by atoms with E-state index in [4.69, 9.17) is 16.1 Å². The van der Waals surface area contributed by atoms with Crippen LogP contribution in [0, 0.1) is 6.92 Å². The van der Waals surface area contributed by atoms with Crippen molar-refractivity contribution in [3.63, 3.8) is 0 Å². The summed E-state index contributed by atoms with van der Waals surface area (Å²) in [5, 5.41) is 7.98. The molecule has 0 saturated carbocycles. The first-order valence-electron chi connectivity index (χ1n) is 10.6. The molecule has 10 heteroatoms. The zero-order valence-electron chi connectivity index (χ0n) is 18.2. The van der Waals surface area contributed by atoms with E-state index in [2.05, 4.69) is 20.4 Å². The van der Waals surface area contributed by atoms with Crippen molar-refractivity contribution in [2.75, 3.05) is 37.6 Å². The van der Waals surface area contributed by atoms with Crippen LogP contribution in [0.25, 0.3) is 0 Å². The van der Waals surface area contributed by atoms with Gasteiger partial charge in [-0.05, 0) is 37.3 Å². The van der Waals surface area contributed by atoms with Crippen molar-refractivity contribution in [2.24, 2.45) is 0 Å². The highest BCUT2D eigenvalue weighted by atomic mass is 35.5. The first kappa shape index (κ1) is 23.1. The lowest BCUT2D eigenvalue weighted by molar-refractivity contribution is -0.130. The van der Waals surface area contributed by atoms with Crippen molar-refractivity contribution in [3.8, 4) is 0 Å². The smallest absolute Gasteiger partial charge is 0.254 e. The summed E-state index contributed by atoms with van der Waals surface area (Å²) in [4.78, 5) is 33.7. The quantitative estimate of drug-likeness (QED) is 0.513. The van der Waals surface area contributed by atoms with Gasteiger partial charge < -0.3 is 19.6 Å². The molecular formula is C23H24ClN5O3S. The molecule has 33 heavy (non-hydrogen) atoms. The summed E-state index contributed by atoms with van der Waals surface area (Å²) in [5.74, 6) is 0.833. The number of rotatable bonds is 7. The van der Waals surface area contributed by atoms with E-state index in [9.17, 15) is 9.59 Å². The van der Waals surface area contributed by atoms with Gasteiger partial charge in [0.1, 0.15) is 10.8 Å². The molecule has 1 saturated heterocycles. The lowest BCUT2D eigenvalue weighted by atomic mass is 10.2. The van der Waals surface area contributed by atoms with Gasteiger partial charge >= 0.3 is 0 Å². The second kappa shape index (κ2) is 10.7. The minimum atomic E-state index is -0.326. The molecule has 1 aliphatic heterocycles. The minimum absolute atomic E-state index is 0.0581. The maximum Gasteiger partial charge on any atom is 0.254 e. The monoisotopic (exact) mass is 485 g/mol. The fraction of sp³-hybridized carbons (Fsp3) is 0.304. The average molecular weight is 486 g/mol. The van der Waals surface area contributed by atoms with Crippen LogP contribution in [0.5, 0.6) is 0 Å². The van der Waals surface area contributed by atoms with E-state index in [0.717, 1.165) is 17.1 Å². The molecule has 1 fully saturated rings. The number of piperazine rings is 1. The summed E-state index contributed by atoms with van der Waals surface area (Å²) in [6.07, 6.45) is 1.64. The van der Waals surface area contributed by atoms with Crippen molar-refractivity contribution < 1.29 is 14.1 Å². The van der Waals surface area contributed by atoms with Gasteiger partial charge in [-0.1, -0.05) is 34.6 Å². The fourth-order valence-electron chi connectivity index (χ4n) is 3.56. The summed E-state index contributed by atoms with van der Waals surface area (Å²) in [7, 11) is 0. The first-order chi connectivity index (χ1) is 16.0. The fourth-order valence-corrected chi connectivity index (χ4v) is 4.61. The van der Waals surface area contributed by atoms with Crippen molar-refractivity contribution in [1.82, 2.24) is 20.4 Å². The van der Waals surface area contributed by atoms with Crippen molar-refractivity contribution in [3.05, 3.63) is 70.7 Å². The topological polar surface area (TPSA) is 91.6 Å². The number of carbonyl (C=O) groups excluding carboxylic acids is 2. The predicted octanol–water partition coefficient (Wildman–Crippen LogP) is 3.40. The number of pyridine rings is 1. The Labute approximate surface area is 201 Å². The van der Waals surface area contributed by atoms with Crippen molar-refractivity contribution in [1.29, 1.82) is 0 Å². The molecule has 2 amide bonds. The molecule has 172 valence electrons. The molecule has 0 radical (unpaired) electrons. The molecule has 0 bridgehead atoms. The van der Waals surface area contributed by atoms with Gasteiger partial charge in [0, 0.05) is 54.9 Å². The molecule has 3 heterocycles. The third-order valence-corrected chi connectivity index (χ3v) is 6.53. The van der Waals surface area contributed by atoms with Crippen molar-refractivity contribution in [2.45, 2.75) is 17.7 Å². The van der Waals surface area contributed by atoms with E-state index in [1.54, 1.807) is 23.2 Å². The minimum Gasteiger partial charge on any atom is -0.368 e. The zero-order valence-corrected chi connectivity index (χ0v) is 19.7. The second-order valence-corrected chi connectivity index (χ2v) is 9.00. The molecule has 0 aliphatic carbocycles. The molecular weight excluding hydrogens is 462 g/mol. The number of nitrogens with one attached hydrogen (secondary N) is 1. The highest BCUT2D eigenvalue weighted by Gasteiger charge is 2.22. The first-order valence-corrected chi connectivity index (χ1v) is 11.9. The molecule has 4 rings (SSSR count). The normalized spacial score (nSPS) is 13.8. The number of nitrogens with zero attached hydrogens (tertiary/aromatic N) is 4. The van der Waals surface area contributed by atoms with E-state index in [-0.39, 0.29) is 18.4 Å². The van der Waals surface area contributed by atoms with Crippen LogP contribution < -0.4 is 10.2 Å². The van der Waals surface area contributed by atoms with Crippen LogP contribution in [0.2, 0.25) is 5.02 Å². The summed E-state index contributed by atoms with van der Waals surface area (Å²) < 4.78 is 5.08. The largest absolute Gasteiger partial charge is 0.368 e. The third-order valence-electron chi connectivity index (χ3n) is 5.26. The molecule has 0 atom stereocenters. The molecule has 1 N–H and O–H groups in total. The van der Waals surface area contributed by atoms with Gasteiger partial charge in [0.05, 0.1) is 17.8 Å². The lowest BCUT2D eigenvalue weighted by Gasteiger charge is -2.36.